The molecular weight excluding hydrogens is 302 g/mol. The van der Waals surface area contributed by atoms with E-state index in [2.05, 4.69) is 44.8 Å². The molecule has 0 aliphatic carbocycles. The minimum absolute atomic E-state index is 0.205. The fourth-order valence-corrected chi connectivity index (χ4v) is 3.89. The number of piperidine rings is 1. The molecule has 2 aliphatic rings. The molecule has 134 valence electrons. The first-order valence-corrected chi connectivity index (χ1v) is 9.26. The molecule has 1 N–H and O–H groups in total. The van der Waals surface area contributed by atoms with Gasteiger partial charge in [0.1, 0.15) is 18.0 Å². The summed E-state index contributed by atoms with van der Waals surface area (Å²) in [5, 5.41) is 9.54. The summed E-state index contributed by atoms with van der Waals surface area (Å²) in [5.41, 5.74) is 0. The third kappa shape index (κ3) is 4.16. The number of rotatable bonds is 6. The van der Waals surface area contributed by atoms with E-state index in [4.69, 9.17) is 0 Å². The Bertz CT molecular complexity index is 516. The third-order valence-electron chi connectivity index (χ3n) is 5.44. The lowest BCUT2D eigenvalue weighted by Gasteiger charge is -2.34. The second-order valence-electron chi connectivity index (χ2n) is 7.43. The van der Waals surface area contributed by atoms with E-state index in [0.717, 1.165) is 50.0 Å². The number of nitrogens with zero attached hydrogens (tertiary/aromatic N) is 5. The molecule has 2 fully saturated rings. The van der Waals surface area contributed by atoms with E-state index < -0.39 is 0 Å². The van der Waals surface area contributed by atoms with E-state index in [-0.39, 0.29) is 12.6 Å². The second kappa shape index (κ2) is 8.12. The normalized spacial score (nSPS) is 22.6. The molecule has 1 aromatic heterocycles. The quantitative estimate of drug-likeness (QED) is 0.853. The molecule has 2 aliphatic heterocycles. The van der Waals surface area contributed by atoms with Gasteiger partial charge < -0.3 is 19.8 Å². The van der Waals surface area contributed by atoms with E-state index in [0.29, 0.717) is 0 Å². The van der Waals surface area contributed by atoms with Crippen molar-refractivity contribution in [3.05, 3.63) is 12.4 Å². The number of anilines is 2. The fraction of sp³-hybridized carbons (Fsp3) is 0.778. The van der Waals surface area contributed by atoms with Crippen LogP contribution in [0.4, 0.5) is 11.6 Å². The first kappa shape index (κ1) is 17.4. The van der Waals surface area contributed by atoms with Crippen LogP contribution in [0.25, 0.3) is 0 Å². The lowest BCUT2D eigenvalue weighted by Crippen LogP contribution is -2.36. The molecule has 1 atom stereocenters. The molecule has 0 aromatic carbocycles. The zero-order valence-electron chi connectivity index (χ0n) is 15.1. The summed E-state index contributed by atoms with van der Waals surface area (Å²) in [6.07, 6.45) is 7.64. The van der Waals surface area contributed by atoms with Crippen molar-refractivity contribution in [1.82, 2.24) is 14.9 Å². The van der Waals surface area contributed by atoms with Crippen LogP contribution in [0.5, 0.6) is 0 Å². The van der Waals surface area contributed by atoms with E-state index in [1.807, 2.05) is 0 Å². The highest BCUT2D eigenvalue weighted by molar-refractivity contribution is 5.51. The van der Waals surface area contributed by atoms with Crippen LogP contribution in [0.15, 0.2) is 12.4 Å². The molecule has 1 unspecified atom stereocenters. The molecule has 3 rings (SSSR count). The van der Waals surface area contributed by atoms with Crippen molar-refractivity contribution < 1.29 is 5.11 Å². The van der Waals surface area contributed by atoms with Gasteiger partial charge in [0, 0.05) is 25.7 Å². The van der Waals surface area contributed by atoms with E-state index in [1.54, 1.807) is 6.33 Å². The molecule has 6 nitrogen and oxygen atoms in total. The zero-order chi connectivity index (χ0) is 16.9. The van der Waals surface area contributed by atoms with Crippen molar-refractivity contribution >= 4 is 11.6 Å². The van der Waals surface area contributed by atoms with Gasteiger partial charge in [0.05, 0.1) is 12.6 Å². The average Bonchev–Trinajstić information content (AvgIpc) is 3.09. The van der Waals surface area contributed by atoms with Crippen LogP contribution in [-0.2, 0) is 0 Å². The summed E-state index contributed by atoms with van der Waals surface area (Å²) < 4.78 is 0. The Morgan fingerprint density at radius 3 is 2.58 bits per heavy atom. The van der Waals surface area contributed by atoms with Gasteiger partial charge in [0.15, 0.2) is 0 Å². The predicted molar refractivity (Wildman–Crippen MR) is 97.6 cm³/mol. The van der Waals surface area contributed by atoms with Crippen LogP contribution in [0, 0.1) is 5.92 Å². The molecule has 0 spiro atoms. The van der Waals surface area contributed by atoms with Gasteiger partial charge in [-0.1, -0.05) is 0 Å². The average molecular weight is 333 g/mol. The van der Waals surface area contributed by atoms with Gasteiger partial charge in [0.25, 0.3) is 0 Å². The maximum absolute atomic E-state index is 9.54. The van der Waals surface area contributed by atoms with Gasteiger partial charge in [-0.2, -0.15) is 0 Å². The van der Waals surface area contributed by atoms with E-state index in [1.165, 1.54) is 25.8 Å². The Morgan fingerprint density at radius 2 is 1.88 bits per heavy atom. The first-order chi connectivity index (χ1) is 11.7. The fourth-order valence-electron chi connectivity index (χ4n) is 3.89. The van der Waals surface area contributed by atoms with Crippen LogP contribution >= 0.6 is 0 Å². The molecule has 3 heterocycles. The van der Waals surface area contributed by atoms with Crippen molar-refractivity contribution in [2.75, 3.05) is 56.7 Å². The Hall–Kier alpha value is -1.40. The molecule has 1 aromatic rings. The van der Waals surface area contributed by atoms with Crippen molar-refractivity contribution in [2.24, 2.45) is 5.92 Å². The summed E-state index contributed by atoms with van der Waals surface area (Å²) in [7, 11) is 4.30. The Labute approximate surface area is 145 Å². The summed E-state index contributed by atoms with van der Waals surface area (Å²) in [6, 6.07) is 2.32. The highest BCUT2D eigenvalue weighted by Crippen LogP contribution is 2.28. The van der Waals surface area contributed by atoms with Gasteiger partial charge in [0.2, 0.25) is 0 Å². The molecule has 24 heavy (non-hydrogen) atoms. The van der Waals surface area contributed by atoms with Crippen LogP contribution < -0.4 is 9.80 Å². The number of hydrogen-bond acceptors (Lipinski definition) is 6. The van der Waals surface area contributed by atoms with Crippen LogP contribution in [0.1, 0.15) is 32.1 Å². The Morgan fingerprint density at radius 1 is 1.12 bits per heavy atom. The monoisotopic (exact) mass is 333 g/mol. The Kier molecular flexibility index (Phi) is 5.89. The lowest BCUT2D eigenvalue weighted by atomic mass is 9.93. The number of aromatic nitrogens is 2. The van der Waals surface area contributed by atoms with Gasteiger partial charge in [-0.15, -0.1) is 0 Å². The maximum atomic E-state index is 9.54. The highest BCUT2D eigenvalue weighted by Gasteiger charge is 2.26. The molecule has 0 amide bonds. The number of aliphatic hydroxyl groups excluding tert-OH is 1. The van der Waals surface area contributed by atoms with Crippen LogP contribution in [0.3, 0.4) is 0 Å². The highest BCUT2D eigenvalue weighted by atomic mass is 16.3. The van der Waals surface area contributed by atoms with Crippen LogP contribution in [-0.4, -0.2) is 72.9 Å². The van der Waals surface area contributed by atoms with E-state index >= 15 is 0 Å². The number of hydrogen-bond donors (Lipinski definition) is 1. The minimum Gasteiger partial charge on any atom is -0.394 e. The van der Waals surface area contributed by atoms with Crippen molar-refractivity contribution in [2.45, 2.75) is 38.1 Å². The molecule has 0 saturated carbocycles. The molecular formula is C18H31N5O. The van der Waals surface area contributed by atoms with E-state index in [9.17, 15) is 5.11 Å². The Balaban J connectivity index is 1.59. The smallest absolute Gasteiger partial charge is 0.134 e. The predicted octanol–water partition coefficient (Wildman–Crippen LogP) is 1.61. The van der Waals surface area contributed by atoms with Crippen molar-refractivity contribution in [3.8, 4) is 0 Å². The van der Waals surface area contributed by atoms with Crippen molar-refractivity contribution in [1.29, 1.82) is 0 Å². The second-order valence-corrected chi connectivity index (χ2v) is 7.43. The first-order valence-electron chi connectivity index (χ1n) is 9.26. The lowest BCUT2D eigenvalue weighted by molar-refractivity contribution is 0.266. The largest absolute Gasteiger partial charge is 0.394 e. The maximum Gasteiger partial charge on any atom is 0.134 e. The number of aliphatic hydroxyl groups is 1. The van der Waals surface area contributed by atoms with Gasteiger partial charge >= 0.3 is 0 Å². The molecule has 2 saturated heterocycles. The summed E-state index contributed by atoms with van der Waals surface area (Å²) in [6.45, 7) is 4.53. The third-order valence-corrected chi connectivity index (χ3v) is 5.44. The van der Waals surface area contributed by atoms with Gasteiger partial charge in [-0.05, 0) is 58.7 Å². The zero-order valence-corrected chi connectivity index (χ0v) is 15.1. The molecule has 6 heteroatoms. The SMILES string of the molecule is CN(C)CCC1CCN(c2cc(N3CCCC3CO)ncn2)CC1. The summed E-state index contributed by atoms with van der Waals surface area (Å²) in [5.74, 6) is 2.84. The van der Waals surface area contributed by atoms with Crippen LogP contribution in [0.2, 0.25) is 0 Å². The van der Waals surface area contributed by atoms with Gasteiger partial charge in [-0.25, -0.2) is 9.97 Å². The summed E-state index contributed by atoms with van der Waals surface area (Å²) >= 11 is 0. The van der Waals surface area contributed by atoms with Crippen molar-refractivity contribution in [3.63, 3.8) is 0 Å². The standard InChI is InChI=1S/C18H31N5O/c1-21(2)9-5-15-6-10-22(11-7-15)17-12-18(20-14-19-17)23-8-3-4-16(23)13-24/h12,14-16,24H,3-11,13H2,1-2H3. The topological polar surface area (TPSA) is 55.7 Å². The van der Waals surface area contributed by atoms with Gasteiger partial charge in [-0.3, -0.25) is 0 Å². The minimum atomic E-state index is 0.205. The molecule has 0 radical (unpaired) electrons. The summed E-state index contributed by atoms with van der Waals surface area (Å²) in [4.78, 5) is 15.8. The molecule has 0 bridgehead atoms.